The molecular formula is C17H21FN2O3S. The Morgan fingerprint density at radius 3 is 2.50 bits per heavy atom. The first-order valence-corrected chi connectivity index (χ1v) is 9.62. The summed E-state index contributed by atoms with van der Waals surface area (Å²) in [4.78, 5) is 14.2. The van der Waals surface area contributed by atoms with Gasteiger partial charge in [-0.05, 0) is 37.5 Å². The van der Waals surface area contributed by atoms with E-state index in [4.69, 9.17) is 0 Å². The molecular weight excluding hydrogens is 331 g/mol. The first-order chi connectivity index (χ1) is 11.5. The number of piperazine rings is 1. The third-order valence-corrected chi connectivity index (χ3v) is 6.50. The number of rotatable bonds is 3. The number of hydrogen-bond donors (Lipinski definition) is 0. The molecule has 0 bridgehead atoms. The third-order valence-electron chi connectivity index (χ3n) is 4.60. The second-order valence-electron chi connectivity index (χ2n) is 6.17. The maximum absolute atomic E-state index is 13.3. The Kier molecular flexibility index (Phi) is 5.01. The number of sulfonamides is 1. The van der Waals surface area contributed by atoms with E-state index < -0.39 is 15.8 Å². The van der Waals surface area contributed by atoms with Crippen LogP contribution in [0, 0.1) is 11.7 Å². The molecule has 0 saturated carbocycles. The minimum absolute atomic E-state index is 0.0152. The zero-order valence-corrected chi connectivity index (χ0v) is 14.2. The van der Waals surface area contributed by atoms with E-state index in [1.165, 1.54) is 22.5 Å². The molecule has 1 aliphatic heterocycles. The molecule has 0 aromatic heterocycles. The van der Waals surface area contributed by atoms with Gasteiger partial charge in [0.05, 0.1) is 4.90 Å². The van der Waals surface area contributed by atoms with Crippen molar-refractivity contribution in [2.24, 2.45) is 5.92 Å². The summed E-state index contributed by atoms with van der Waals surface area (Å²) in [6.45, 7) is 1.25. The second-order valence-corrected chi connectivity index (χ2v) is 8.11. The van der Waals surface area contributed by atoms with Crippen LogP contribution in [0.4, 0.5) is 4.39 Å². The topological polar surface area (TPSA) is 57.7 Å². The zero-order valence-electron chi connectivity index (χ0n) is 13.4. The van der Waals surface area contributed by atoms with Crippen LogP contribution in [0.5, 0.6) is 0 Å². The molecule has 5 nitrogen and oxygen atoms in total. The summed E-state index contributed by atoms with van der Waals surface area (Å²) in [5, 5.41) is 0. The molecule has 1 amide bonds. The molecule has 7 heteroatoms. The van der Waals surface area contributed by atoms with Crippen molar-refractivity contribution < 1.29 is 17.6 Å². The van der Waals surface area contributed by atoms with Crippen LogP contribution in [0.2, 0.25) is 0 Å². The molecule has 1 heterocycles. The normalized spacial score (nSPS) is 22.5. The van der Waals surface area contributed by atoms with Crippen LogP contribution in [-0.4, -0.2) is 49.7 Å². The monoisotopic (exact) mass is 352 g/mol. The van der Waals surface area contributed by atoms with Gasteiger partial charge in [0.1, 0.15) is 5.82 Å². The maximum Gasteiger partial charge on any atom is 0.243 e. The number of allylic oxidation sites excluding steroid dienone is 2. The van der Waals surface area contributed by atoms with E-state index in [1.54, 1.807) is 4.90 Å². The van der Waals surface area contributed by atoms with Gasteiger partial charge in [0, 0.05) is 32.1 Å². The van der Waals surface area contributed by atoms with Gasteiger partial charge in [0.25, 0.3) is 0 Å². The highest BCUT2D eigenvalue weighted by atomic mass is 32.2. The minimum Gasteiger partial charge on any atom is -0.340 e. The third kappa shape index (κ3) is 3.52. The SMILES string of the molecule is O=C([C@@H]1CC=CCC1)N1CCN(S(=O)(=O)c2cccc(F)c2)CC1. The quantitative estimate of drug-likeness (QED) is 0.782. The van der Waals surface area contributed by atoms with Crippen molar-refractivity contribution in [3.05, 3.63) is 42.2 Å². The highest BCUT2D eigenvalue weighted by Crippen LogP contribution is 2.23. The molecule has 1 fully saturated rings. The Morgan fingerprint density at radius 1 is 1.12 bits per heavy atom. The lowest BCUT2D eigenvalue weighted by molar-refractivity contribution is -0.137. The average Bonchev–Trinajstić information content (AvgIpc) is 2.62. The fraction of sp³-hybridized carbons (Fsp3) is 0.471. The van der Waals surface area contributed by atoms with Crippen LogP contribution >= 0.6 is 0 Å². The van der Waals surface area contributed by atoms with Crippen LogP contribution < -0.4 is 0 Å². The predicted molar refractivity (Wildman–Crippen MR) is 88.2 cm³/mol. The number of halogens is 1. The van der Waals surface area contributed by atoms with E-state index in [1.807, 2.05) is 6.08 Å². The zero-order chi connectivity index (χ0) is 17.2. The summed E-state index contributed by atoms with van der Waals surface area (Å²) >= 11 is 0. The molecule has 3 rings (SSSR count). The van der Waals surface area contributed by atoms with Crippen molar-refractivity contribution in [1.29, 1.82) is 0 Å². The van der Waals surface area contributed by atoms with Crippen LogP contribution in [0.15, 0.2) is 41.3 Å². The highest BCUT2D eigenvalue weighted by Gasteiger charge is 2.32. The number of amides is 1. The molecule has 1 atom stereocenters. The van der Waals surface area contributed by atoms with E-state index in [9.17, 15) is 17.6 Å². The van der Waals surface area contributed by atoms with Crippen LogP contribution in [-0.2, 0) is 14.8 Å². The molecule has 0 unspecified atom stereocenters. The van der Waals surface area contributed by atoms with Gasteiger partial charge in [-0.3, -0.25) is 4.79 Å². The van der Waals surface area contributed by atoms with Gasteiger partial charge in [-0.15, -0.1) is 0 Å². The van der Waals surface area contributed by atoms with Gasteiger partial charge in [-0.25, -0.2) is 12.8 Å². The largest absolute Gasteiger partial charge is 0.340 e. The van der Waals surface area contributed by atoms with Crippen molar-refractivity contribution >= 4 is 15.9 Å². The lowest BCUT2D eigenvalue weighted by Gasteiger charge is -2.36. The number of carbonyl (C=O) groups is 1. The smallest absolute Gasteiger partial charge is 0.243 e. The predicted octanol–water partition coefficient (Wildman–Crippen LogP) is 2.01. The number of nitrogens with zero attached hydrogens (tertiary/aromatic N) is 2. The van der Waals surface area contributed by atoms with Crippen LogP contribution in [0.1, 0.15) is 19.3 Å². The van der Waals surface area contributed by atoms with Crippen LogP contribution in [0.3, 0.4) is 0 Å². The minimum atomic E-state index is -3.71. The molecule has 1 aliphatic carbocycles. The Morgan fingerprint density at radius 2 is 1.88 bits per heavy atom. The Hall–Kier alpha value is -1.73. The molecule has 1 saturated heterocycles. The van der Waals surface area contributed by atoms with Gasteiger partial charge in [-0.1, -0.05) is 18.2 Å². The van der Waals surface area contributed by atoms with Crippen molar-refractivity contribution in [1.82, 2.24) is 9.21 Å². The standard InChI is InChI=1S/C17H21FN2O3S/c18-15-7-4-8-16(13-15)24(22,23)20-11-9-19(10-12-20)17(21)14-5-2-1-3-6-14/h1-2,4,7-8,13-14H,3,5-6,9-12H2/t14-/m1/s1. The second kappa shape index (κ2) is 7.03. The van der Waals surface area contributed by atoms with Crippen molar-refractivity contribution in [2.45, 2.75) is 24.2 Å². The highest BCUT2D eigenvalue weighted by molar-refractivity contribution is 7.89. The van der Waals surface area contributed by atoms with Gasteiger partial charge < -0.3 is 4.90 Å². The first kappa shape index (κ1) is 17.1. The van der Waals surface area contributed by atoms with Crippen molar-refractivity contribution in [2.75, 3.05) is 26.2 Å². The molecule has 0 radical (unpaired) electrons. The Balaban J connectivity index is 1.64. The van der Waals surface area contributed by atoms with Crippen LogP contribution in [0.25, 0.3) is 0 Å². The molecule has 0 spiro atoms. The lowest BCUT2D eigenvalue weighted by atomic mass is 9.93. The summed E-state index contributed by atoms with van der Waals surface area (Å²) < 4.78 is 39.8. The molecule has 1 aromatic carbocycles. The Bertz CT molecular complexity index is 740. The molecule has 130 valence electrons. The van der Waals surface area contributed by atoms with E-state index >= 15 is 0 Å². The molecule has 24 heavy (non-hydrogen) atoms. The summed E-state index contributed by atoms with van der Waals surface area (Å²) in [5.74, 6) is -0.446. The lowest BCUT2D eigenvalue weighted by Crippen LogP contribution is -2.51. The fourth-order valence-corrected chi connectivity index (χ4v) is 4.66. The number of hydrogen-bond acceptors (Lipinski definition) is 3. The fourth-order valence-electron chi connectivity index (χ4n) is 3.20. The maximum atomic E-state index is 13.3. The van der Waals surface area contributed by atoms with Gasteiger partial charge in [0.15, 0.2) is 0 Å². The van der Waals surface area contributed by atoms with E-state index in [-0.39, 0.29) is 29.8 Å². The van der Waals surface area contributed by atoms with Gasteiger partial charge in [-0.2, -0.15) is 4.31 Å². The summed E-state index contributed by atoms with van der Waals surface area (Å²) in [6, 6.07) is 5.03. The van der Waals surface area contributed by atoms with Crippen molar-refractivity contribution in [3.63, 3.8) is 0 Å². The Labute approximate surface area is 141 Å². The average molecular weight is 352 g/mol. The molecule has 2 aliphatic rings. The molecule has 0 N–H and O–H groups in total. The summed E-state index contributed by atoms with van der Waals surface area (Å²) in [7, 11) is -3.71. The van der Waals surface area contributed by atoms with Gasteiger partial charge in [0.2, 0.25) is 15.9 Å². The van der Waals surface area contributed by atoms with E-state index in [0.29, 0.717) is 13.1 Å². The van der Waals surface area contributed by atoms with Crippen molar-refractivity contribution in [3.8, 4) is 0 Å². The first-order valence-electron chi connectivity index (χ1n) is 8.18. The summed E-state index contributed by atoms with van der Waals surface area (Å²) in [6.07, 6.45) is 6.67. The number of benzene rings is 1. The van der Waals surface area contributed by atoms with E-state index in [2.05, 4.69) is 6.08 Å². The summed E-state index contributed by atoms with van der Waals surface area (Å²) in [5.41, 5.74) is 0. The van der Waals surface area contributed by atoms with Gasteiger partial charge >= 0.3 is 0 Å². The number of carbonyl (C=O) groups excluding carboxylic acids is 1. The molecule has 1 aromatic rings. The van der Waals surface area contributed by atoms with E-state index in [0.717, 1.165) is 25.3 Å².